The second-order valence-electron chi connectivity index (χ2n) is 4.92. The quantitative estimate of drug-likeness (QED) is 0.713. The van der Waals surface area contributed by atoms with Crippen LogP contribution in [0.4, 0.5) is 5.69 Å². The molecule has 1 unspecified atom stereocenters. The molecule has 1 amide bonds. The van der Waals surface area contributed by atoms with E-state index in [2.05, 4.69) is 10.6 Å². The molecule has 0 saturated carbocycles. The van der Waals surface area contributed by atoms with Crippen molar-refractivity contribution in [3.63, 3.8) is 0 Å². The maximum atomic E-state index is 11.9. The molecule has 3 N–H and O–H groups in total. The van der Waals surface area contributed by atoms with Gasteiger partial charge in [0.25, 0.3) is 0 Å². The van der Waals surface area contributed by atoms with Gasteiger partial charge in [-0.15, -0.1) is 0 Å². The van der Waals surface area contributed by atoms with Crippen molar-refractivity contribution in [2.45, 2.75) is 39.7 Å². The van der Waals surface area contributed by atoms with Crippen molar-refractivity contribution in [1.29, 1.82) is 0 Å². The zero-order valence-electron chi connectivity index (χ0n) is 12.2. The monoisotopic (exact) mass is 278 g/mol. The van der Waals surface area contributed by atoms with Gasteiger partial charge in [0.05, 0.1) is 6.42 Å². The molecule has 0 saturated heterocycles. The van der Waals surface area contributed by atoms with Crippen LogP contribution in [0.1, 0.15) is 30.9 Å². The summed E-state index contributed by atoms with van der Waals surface area (Å²) in [5.41, 5.74) is 2.81. The predicted octanol–water partition coefficient (Wildman–Crippen LogP) is 2.08. The number of rotatable bonds is 7. The Labute approximate surface area is 119 Å². The van der Waals surface area contributed by atoms with E-state index in [4.69, 9.17) is 5.11 Å². The van der Waals surface area contributed by atoms with Crippen molar-refractivity contribution < 1.29 is 14.7 Å². The first-order valence-electron chi connectivity index (χ1n) is 6.77. The highest BCUT2D eigenvalue weighted by molar-refractivity contribution is 5.94. The lowest BCUT2D eigenvalue weighted by Crippen LogP contribution is -2.40. The number of aliphatic carboxylic acids is 1. The molecule has 1 aromatic carbocycles. The number of hydrogen-bond acceptors (Lipinski definition) is 3. The lowest BCUT2D eigenvalue weighted by atomic mass is 10.1. The molecule has 5 heteroatoms. The molecule has 0 aliphatic heterocycles. The summed E-state index contributed by atoms with van der Waals surface area (Å²) in [5.74, 6) is -1.30. The van der Waals surface area contributed by atoms with E-state index in [1.807, 2.05) is 39.0 Å². The van der Waals surface area contributed by atoms with Gasteiger partial charge in [0, 0.05) is 5.69 Å². The molecule has 0 aromatic heterocycles. The van der Waals surface area contributed by atoms with Crippen LogP contribution in [0.2, 0.25) is 0 Å². The molecule has 0 fully saturated rings. The Bertz CT molecular complexity index is 486. The lowest BCUT2D eigenvalue weighted by molar-refractivity contribution is -0.141. The zero-order valence-corrected chi connectivity index (χ0v) is 12.2. The van der Waals surface area contributed by atoms with Crippen molar-refractivity contribution in [3.8, 4) is 0 Å². The van der Waals surface area contributed by atoms with Crippen LogP contribution in [0.3, 0.4) is 0 Å². The Morgan fingerprint density at radius 3 is 2.55 bits per heavy atom. The number of aryl methyl sites for hydroxylation is 2. The van der Waals surface area contributed by atoms with Gasteiger partial charge in [0.15, 0.2) is 0 Å². The fraction of sp³-hybridized carbons (Fsp3) is 0.467. The van der Waals surface area contributed by atoms with Crippen LogP contribution in [-0.4, -0.2) is 29.6 Å². The zero-order chi connectivity index (χ0) is 15.1. The Hall–Kier alpha value is -1.88. The predicted molar refractivity (Wildman–Crippen MR) is 78.9 cm³/mol. The highest BCUT2D eigenvalue weighted by Crippen LogP contribution is 2.16. The van der Waals surface area contributed by atoms with Gasteiger partial charge in [-0.25, -0.2) is 0 Å². The number of amides is 1. The fourth-order valence-corrected chi connectivity index (χ4v) is 1.91. The molecule has 110 valence electrons. The molecule has 1 atom stereocenters. The molecule has 1 aromatic rings. The highest BCUT2D eigenvalue weighted by atomic mass is 16.4. The smallest absolute Gasteiger partial charge is 0.321 e. The van der Waals surface area contributed by atoms with E-state index in [0.717, 1.165) is 23.2 Å². The van der Waals surface area contributed by atoms with Gasteiger partial charge < -0.3 is 15.7 Å². The first-order chi connectivity index (χ1) is 9.43. The first kappa shape index (κ1) is 16.2. The Morgan fingerprint density at radius 2 is 2.00 bits per heavy atom. The molecule has 0 aliphatic carbocycles. The maximum absolute atomic E-state index is 11.9. The maximum Gasteiger partial charge on any atom is 0.321 e. The molecule has 0 radical (unpaired) electrons. The van der Waals surface area contributed by atoms with Crippen LogP contribution in [0, 0.1) is 13.8 Å². The average molecular weight is 278 g/mol. The first-order valence-corrected chi connectivity index (χ1v) is 6.77. The number of carboxylic acids is 1. The number of benzene rings is 1. The normalized spacial score (nSPS) is 11.9. The third kappa shape index (κ3) is 5.01. The van der Waals surface area contributed by atoms with E-state index in [1.54, 1.807) is 0 Å². The van der Waals surface area contributed by atoms with Crippen molar-refractivity contribution in [1.82, 2.24) is 5.32 Å². The Kier molecular flexibility index (Phi) is 6.18. The Balaban J connectivity index is 2.63. The second-order valence-corrected chi connectivity index (χ2v) is 4.92. The molecule has 0 heterocycles. The molecular weight excluding hydrogens is 256 g/mol. The summed E-state index contributed by atoms with van der Waals surface area (Å²) >= 11 is 0. The minimum absolute atomic E-state index is 0.0807. The SMILES string of the molecule is CCCNC(CC(=O)Nc1ccc(C)cc1C)C(=O)O. The summed E-state index contributed by atoms with van der Waals surface area (Å²) in [6.07, 6.45) is 0.741. The fourth-order valence-electron chi connectivity index (χ4n) is 1.91. The van der Waals surface area contributed by atoms with Crippen LogP contribution >= 0.6 is 0 Å². The van der Waals surface area contributed by atoms with Crippen molar-refractivity contribution in [3.05, 3.63) is 29.3 Å². The van der Waals surface area contributed by atoms with Gasteiger partial charge in [-0.05, 0) is 38.4 Å². The number of carbonyl (C=O) groups is 2. The van der Waals surface area contributed by atoms with Crippen molar-refractivity contribution in [2.75, 3.05) is 11.9 Å². The number of carboxylic acid groups (broad SMARTS) is 1. The average Bonchev–Trinajstić information content (AvgIpc) is 2.37. The Morgan fingerprint density at radius 1 is 1.30 bits per heavy atom. The van der Waals surface area contributed by atoms with E-state index in [-0.39, 0.29) is 12.3 Å². The summed E-state index contributed by atoms with van der Waals surface area (Å²) in [5, 5.41) is 14.7. The third-order valence-corrected chi connectivity index (χ3v) is 2.98. The summed E-state index contributed by atoms with van der Waals surface area (Å²) in [6.45, 7) is 6.41. The molecule has 0 bridgehead atoms. The van der Waals surface area contributed by atoms with Crippen LogP contribution < -0.4 is 10.6 Å². The number of anilines is 1. The third-order valence-electron chi connectivity index (χ3n) is 2.98. The van der Waals surface area contributed by atoms with Crippen LogP contribution in [0.15, 0.2) is 18.2 Å². The van der Waals surface area contributed by atoms with Gasteiger partial charge in [-0.3, -0.25) is 9.59 Å². The van der Waals surface area contributed by atoms with E-state index in [9.17, 15) is 9.59 Å². The molecule has 0 spiro atoms. The summed E-state index contributed by atoms with van der Waals surface area (Å²) < 4.78 is 0. The van der Waals surface area contributed by atoms with Crippen LogP contribution in [0.5, 0.6) is 0 Å². The molecule has 0 aliphatic rings. The molecule has 5 nitrogen and oxygen atoms in total. The number of carbonyl (C=O) groups excluding carboxylic acids is 1. The minimum atomic E-state index is -1.01. The molecule has 1 rings (SSSR count). The summed E-state index contributed by atoms with van der Waals surface area (Å²) in [4.78, 5) is 23.0. The van der Waals surface area contributed by atoms with Crippen molar-refractivity contribution >= 4 is 17.6 Å². The molecular formula is C15H22N2O3. The number of hydrogen-bond donors (Lipinski definition) is 3. The summed E-state index contributed by atoms with van der Waals surface area (Å²) in [7, 11) is 0. The van der Waals surface area contributed by atoms with E-state index in [1.165, 1.54) is 0 Å². The van der Waals surface area contributed by atoms with Crippen LogP contribution in [-0.2, 0) is 9.59 Å². The lowest BCUT2D eigenvalue weighted by Gasteiger charge is -2.14. The molecule has 20 heavy (non-hydrogen) atoms. The highest BCUT2D eigenvalue weighted by Gasteiger charge is 2.20. The van der Waals surface area contributed by atoms with Gasteiger partial charge in [-0.2, -0.15) is 0 Å². The largest absolute Gasteiger partial charge is 0.480 e. The van der Waals surface area contributed by atoms with Gasteiger partial charge in [0.2, 0.25) is 5.91 Å². The topological polar surface area (TPSA) is 78.4 Å². The van der Waals surface area contributed by atoms with E-state index < -0.39 is 12.0 Å². The minimum Gasteiger partial charge on any atom is -0.480 e. The van der Waals surface area contributed by atoms with Crippen LogP contribution in [0.25, 0.3) is 0 Å². The van der Waals surface area contributed by atoms with Gasteiger partial charge in [0.1, 0.15) is 6.04 Å². The van der Waals surface area contributed by atoms with Gasteiger partial charge >= 0.3 is 5.97 Å². The van der Waals surface area contributed by atoms with E-state index in [0.29, 0.717) is 6.54 Å². The standard InChI is InChI=1S/C15H22N2O3/c1-4-7-16-13(15(19)20)9-14(18)17-12-6-5-10(2)8-11(12)3/h5-6,8,13,16H,4,7,9H2,1-3H3,(H,17,18)(H,19,20). The summed E-state index contributed by atoms with van der Waals surface area (Å²) in [6, 6.07) is 4.87. The van der Waals surface area contributed by atoms with Gasteiger partial charge in [-0.1, -0.05) is 24.6 Å². The van der Waals surface area contributed by atoms with Crippen molar-refractivity contribution in [2.24, 2.45) is 0 Å². The van der Waals surface area contributed by atoms with E-state index >= 15 is 0 Å². The number of nitrogens with one attached hydrogen (secondary N) is 2. The second kappa shape index (κ2) is 7.65.